The molecule has 1 heterocycles. The third kappa shape index (κ3) is 3.81. The Morgan fingerprint density at radius 1 is 1.31 bits per heavy atom. The van der Waals surface area contributed by atoms with Gasteiger partial charge < -0.3 is 14.7 Å². The van der Waals surface area contributed by atoms with Crippen molar-refractivity contribution >= 4 is 27.5 Å². The molecule has 2 N–H and O–H groups in total. The number of Topliss-reactive ketones (excluding diaryl/α,β-unsaturated/α-hetero) is 1. The number of nitrogens with two attached hydrogens (primary N) is 1. The van der Waals surface area contributed by atoms with Gasteiger partial charge in [0.1, 0.15) is 11.5 Å². The Bertz CT molecular complexity index is 1130. The highest BCUT2D eigenvalue weighted by molar-refractivity contribution is 7.86. The number of rotatable bonds is 5. The summed E-state index contributed by atoms with van der Waals surface area (Å²) in [4.78, 5) is 12.7. The largest absolute Gasteiger partial charge is 0.460 e. The van der Waals surface area contributed by atoms with Crippen LogP contribution in [0.15, 0.2) is 60.2 Å². The summed E-state index contributed by atoms with van der Waals surface area (Å²) in [5.74, 6) is -4.18. The van der Waals surface area contributed by atoms with E-state index in [9.17, 15) is 17.6 Å². The van der Waals surface area contributed by atoms with Crippen LogP contribution < -0.4 is 5.73 Å². The molecule has 1 atom stereocenters. The molecule has 136 valence electrons. The zero-order chi connectivity index (χ0) is 21.6. The van der Waals surface area contributed by atoms with E-state index in [1.54, 1.807) is 6.07 Å². The van der Waals surface area contributed by atoms with E-state index in [-0.39, 0.29) is 10.6 Å². The Labute approximate surface area is 158 Å². The molecule has 1 aliphatic rings. The first-order valence-electron chi connectivity index (χ1n) is 8.59. The molecule has 0 aliphatic carbocycles. The summed E-state index contributed by atoms with van der Waals surface area (Å²) in [6, 6.07) is 9.66. The maximum Gasteiger partial charge on any atom is 0.313 e. The van der Waals surface area contributed by atoms with Crippen LogP contribution in [0.25, 0.3) is 0 Å². The fourth-order valence-electron chi connectivity index (χ4n) is 2.13. The monoisotopic (exact) mass is 400 g/mol. The van der Waals surface area contributed by atoms with E-state index in [4.69, 9.17) is 26.2 Å². The molecule has 2 aromatic rings. The third-order valence-electron chi connectivity index (χ3n) is 3.23. The third-order valence-corrected chi connectivity index (χ3v) is 4.43. The first-order valence-corrected chi connectivity index (χ1v) is 8.87. The molecular weight excluding hydrogens is 385 g/mol. The second-order valence-corrected chi connectivity index (χ2v) is 6.77. The van der Waals surface area contributed by atoms with Crippen LogP contribution in [-0.4, -0.2) is 14.2 Å². The molecule has 6 nitrogen and oxygen atoms in total. The maximum atomic E-state index is 13.6. The first kappa shape index (κ1) is 14.6. The summed E-state index contributed by atoms with van der Waals surface area (Å²) < 4.78 is 72.3. The highest BCUT2D eigenvalue weighted by Gasteiger charge is 2.40. The summed E-state index contributed by atoms with van der Waals surface area (Å²) in [6.45, 7) is 0. The van der Waals surface area contributed by atoms with Crippen LogP contribution in [0.4, 0.5) is 4.39 Å². The van der Waals surface area contributed by atoms with Crippen molar-refractivity contribution in [3.63, 3.8) is 0 Å². The van der Waals surface area contributed by atoms with E-state index in [0.717, 1.165) is 18.2 Å². The Hall–Kier alpha value is -2.58. The Morgan fingerprint density at radius 2 is 2.00 bits per heavy atom. The van der Waals surface area contributed by atoms with Crippen molar-refractivity contribution in [2.75, 3.05) is 0 Å². The lowest BCUT2D eigenvalue weighted by molar-refractivity contribution is -0.123. The molecule has 9 heteroatoms. The summed E-state index contributed by atoms with van der Waals surface area (Å²) >= 11 is 5.92. The molecular formula is C17H13ClFNO5S. The van der Waals surface area contributed by atoms with E-state index in [0.29, 0.717) is 0 Å². The molecule has 0 saturated heterocycles. The lowest BCUT2D eigenvalue weighted by atomic mass is 10.1. The maximum absolute atomic E-state index is 13.6. The van der Waals surface area contributed by atoms with Gasteiger partial charge in [-0.05, 0) is 23.8 Å². The highest BCUT2D eigenvalue weighted by Crippen LogP contribution is 2.36. The van der Waals surface area contributed by atoms with Crippen LogP contribution in [0.2, 0.25) is 5.02 Å². The van der Waals surface area contributed by atoms with Gasteiger partial charge in [-0.3, -0.25) is 4.79 Å². The first-order chi connectivity index (χ1) is 13.4. The second kappa shape index (κ2) is 6.97. The average Bonchev–Trinajstić information content (AvgIpc) is 2.88. The Morgan fingerprint density at radius 3 is 2.69 bits per heavy atom. The van der Waals surface area contributed by atoms with Crippen LogP contribution in [0.5, 0.6) is 0 Å². The van der Waals surface area contributed by atoms with Gasteiger partial charge in [-0.25, -0.2) is 4.39 Å². The molecule has 2 aromatic carbocycles. The number of benzene rings is 2. The van der Waals surface area contributed by atoms with Crippen molar-refractivity contribution in [3.05, 3.63) is 82.1 Å². The standard InChI is InChI=1S/C17H13ClFNO5S/c18-13-7-6-11(19)8-12(13)15-14(21)16(17(20)24-15)25-26(22,23)9-10-4-2-1-3-5-10/h1-8,15H,9,20H2/t15-/m0/s1/i9D2,15D. The van der Waals surface area contributed by atoms with Gasteiger partial charge in [0.05, 0.1) is 4.11 Å². The van der Waals surface area contributed by atoms with E-state index >= 15 is 0 Å². The van der Waals surface area contributed by atoms with Gasteiger partial charge in [0, 0.05) is 10.6 Å². The van der Waals surface area contributed by atoms with E-state index in [1.165, 1.54) is 24.3 Å². The normalized spacial score (nSPS) is 22.4. The average molecular weight is 401 g/mol. The number of ether oxygens (including phenoxy) is 1. The van der Waals surface area contributed by atoms with Gasteiger partial charge in [-0.2, -0.15) is 8.42 Å². The molecule has 0 radical (unpaired) electrons. The van der Waals surface area contributed by atoms with Crippen molar-refractivity contribution in [3.8, 4) is 0 Å². The fourth-order valence-corrected chi connectivity index (χ4v) is 3.17. The smallest absolute Gasteiger partial charge is 0.313 e. The van der Waals surface area contributed by atoms with Gasteiger partial charge in [0.2, 0.25) is 17.4 Å². The number of hydrogen-bond acceptors (Lipinski definition) is 6. The summed E-state index contributed by atoms with van der Waals surface area (Å²) in [6.07, 6.45) is -2.70. The predicted molar refractivity (Wildman–Crippen MR) is 91.6 cm³/mol. The van der Waals surface area contributed by atoms with E-state index < -0.39 is 50.7 Å². The van der Waals surface area contributed by atoms with Gasteiger partial charge in [0.15, 0.2) is 6.08 Å². The molecule has 0 fully saturated rings. The number of halogens is 2. The quantitative estimate of drug-likeness (QED) is 0.775. The summed E-state index contributed by atoms with van der Waals surface area (Å²) in [5, 5.41) is -0.203. The molecule has 1 aliphatic heterocycles. The van der Waals surface area contributed by atoms with E-state index in [2.05, 4.69) is 4.18 Å². The van der Waals surface area contributed by atoms with Gasteiger partial charge in [-0.1, -0.05) is 41.9 Å². The van der Waals surface area contributed by atoms with Crippen molar-refractivity contribution in [2.24, 2.45) is 5.73 Å². The van der Waals surface area contributed by atoms with Crippen LogP contribution >= 0.6 is 11.6 Å². The van der Waals surface area contributed by atoms with Crippen molar-refractivity contribution < 1.29 is 30.6 Å². The number of carbonyl (C=O) groups excluding carboxylic acids is 1. The second-order valence-electron chi connectivity index (χ2n) is 5.08. The zero-order valence-electron chi connectivity index (χ0n) is 15.9. The number of carbonyl (C=O) groups is 1. The minimum Gasteiger partial charge on any atom is -0.460 e. The molecule has 26 heavy (non-hydrogen) atoms. The predicted octanol–water partition coefficient (Wildman–Crippen LogP) is 2.79. The van der Waals surface area contributed by atoms with Crippen molar-refractivity contribution in [1.29, 1.82) is 0 Å². The molecule has 0 aromatic heterocycles. The van der Waals surface area contributed by atoms with Crippen LogP contribution in [0.1, 0.15) is 21.3 Å². The van der Waals surface area contributed by atoms with Crippen molar-refractivity contribution in [1.82, 2.24) is 0 Å². The molecule has 0 unspecified atom stereocenters. The lowest BCUT2D eigenvalue weighted by Crippen LogP contribution is -2.16. The minimum absolute atomic E-state index is 0.203. The Balaban J connectivity index is 1.97. The Kier molecular flexibility index (Phi) is 3.91. The van der Waals surface area contributed by atoms with Gasteiger partial charge in [0.25, 0.3) is 0 Å². The van der Waals surface area contributed by atoms with Crippen molar-refractivity contribution in [2.45, 2.75) is 11.8 Å². The number of hydrogen-bond donors (Lipinski definition) is 1. The highest BCUT2D eigenvalue weighted by atomic mass is 35.5. The molecule has 3 rings (SSSR count). The minimum atomic E-state index is -5.11. The van der Waals surface area contributed by atoms with Crippen LogP contribution in [0, 0.1) is 5.82 Å². The molecule has 0 spiro atoms. The van der Waals surface area contributed by atoms with Crippen LogP contribution in [-0.2, 0) is 29.5 Å². The molecule has 0 amide bonds. The fraction of sp³-hybridized carbons (Fsp3) is 0.118. The van der Waals surface area contributed by atoms with Gasteiger partial charge in [-0.15, -0.1) is 0 Å². The summed E-state index contributed by atoms with van der Waals surface area (Å²) in [5.41, 5.74) is 1.80. The zero-order valence-corrected chi connectivity index (χ0v) is 14.5. The SMILES string of the molecule is [2H]C([2H])(c1ccccc1)S(=O)(=O)OC1=C(N)O[C@@]([2H])(c2cc(F)ccc2Cl)C1=O. The number of ketones is 1. The molecule has 0 bridgehead atoms. The molecule has 0 saturated carbocycles. The van der Waals surface area contributed by atoms with E-state index in [1.807, 2.05) is 0 Å². The summed E-state index contributed by atoms with van der Waals surface area (Å²) in [7, 11) is -5.11. The topological polar surface area (TPSA) is 95.7 Å². The van der Waals surface area contributed by atoms with Crippen LogP contribution in [0.3, 0.4) is 0 Å². The lowest BCUT2D eigenvalue weighted by Gasteiger charge is -2.11. The van der Waals surface area contributed by atoms with Gasteiger partial charge >= 0.3 is 10.1 Å².